The molecule has 0 bridgehead atoms. The topological polar surface area (TPSA) is 84.5 Å². The first kappa shape index (κ1) is 16.9. The van der Waals surface area contributed by atoms with E-state index in [0.717, 1.165) is 22.2 Å². The second kappa shape index (κ2) is 6.19. The van der Waals surface area contributed by atoms with Crippen LogP contribution in [0.2, 0.25) is 0 Å². The van der Waals surface area contributed by atoms with Crippen LogP contribution in [0.25, 0.3) is 0 Å². The number of hydrogen-bond acceptors (Lipinski definition) is 5. The van der Waals surface area contributed by atoms with Gasteiger partial charge in [-0.1, -0.05) is 23.9 Å². The van der Waals surface area contributed by atoms with Gasteiger partial charge in [-0.05, 0) is 48.9 Å². The molecular weight excluding hydrogens is 349 g/mol. The lowest BCUT2D eigenvalue weighted by atomic mass is 9.95. The maximum atomic E-state index is 13.1. The van der Waals surface area contributed by atoms with E-state index >= 15 is 0 Å². The number of nitrogens with two attached hydrogens (primary N) is 1. The van der Waals surface area contributed by atoms with E-state index in [4.69, 9.17) is 5.14 Å². The van der Waals surface area contributed by atoms with Gasteiger partial charge < -0.3 is 5.32 Å². The number of thioether (sulfide) groups is 1. The van der Waals surface area contributed by atoms with Crippen LogP contribution in [0.4, 0.5) is 10.1 Å². The highest BCUT2D eigenvalue weighted by Crippen LogP contribution is 2.36. The van der Waals surface area contributed by atoms with E-state index in [1.165, 1.54) is 24.3 Å². The van der Waals surface area contributed by atoms with Gasteiger partial charge in [0.2, 0.25) is 10.0 Å². The fourth-order valence-corrected chi connectivity index (χ4v) is 3.99. The molecule has 0 spiro atoms. The predicted octanol–water partition coefficient (Wildman–Crippen LogP) is 2.90. The molecule has 0 saturated carbocycles. The Morgan fingerprint density at radius 2 is 1.79 bits per heavy atom. The molecule has 1 unspecified atom stereocenters. The summed E-state index contributed by atoms with van der Waals surface area (Å²) in [7, 11) is -3.70. The number of nitrogens with zero attached hydrogens (tertiary/aromatic N) is 1. The lowest BCUT2D eigenvalue weighted by Crippen LogP contribution is -2.19. The van der Waals surface area contributed by atoms with Gasteiger partial charge in [0.1, 0.15) is 5.82 Å². The average Bonchev–Trinajstić information content (AvgIpc) is 2.90. The Labute approximate surface area is 144 Å². The summed E-state index contributed by atoms with van der Waals surface area (Å²) in [5.41, 5.74) is 1.23. The zero-order chi connectivity index (χ0) is 17.4. The zero-order valence-electron chi connectivity index (χ0n) is 12.9. The molecule has 1 aliphatic heterocycles. The Hall–Kier alpha value is -1.90. The third-order valence-electron chi connectivity index (χ3n) is 3.74. The summed E-state index contributed by atoms with van der Waals surface area (Å²) < 4.78 is 35.6. The molecule has 1 heterocycles. The molecule has 1 atom stereocenters. The minimum atomic E-state index is -3.70. The first-order chi connectivity index (χ1) is 11.3. The maximum Gasteiger partial charge on any atom is 0.238 e. The number of benzene rings is 2. The van der Waals surface area contributed by atoms with Crippen LogP contribution in [0.1, 0.15) is 12.5 Å². The summed E-state index contributed by atoms with van der Waals surface area (Å²) in [6.45, 7) is 1.99. The van der Waals surface area contributed by atoms with Gasteiger partial charge in [-0.2, -0.15) is 0 Å². The normalized spacial score (nSPS) is 20.7. The summed E-state index contributed by atoms with van der Waals surface area (Å²) in [5, 5.41) is 8.96. The van der Waals surface area contributed by atoms with Gasteiger partial charge in [0.05, 0.1) is 10.4 Å². The van der Waals surface area contributed by atoms with Crippen LogP contribution in [-0.4, -0.2) is 19.3 Å². The molecule has 3 rings (SSSR count). The molecule has 0 fully saturated rings. The molecular formula is C16H16FN3O2S2. The molecule has 3 N–H and O–H groups in total. The Morgan fingerprint density at radius 1 is 1.17 bits per heavy atom. The van der Waals surface area contributed by atoms with Gasteiger partial charge in [-0.15, -0.1) is 0 Å². The molecule has 2 aromatic carbocycles. The Bertz CT molecular complexity index is 881. The maximum absolute atomic E-state index is 13.1. The highest BCUT2D eigenvalue weighted by atomic mass is 32.2. The standard InChI is InChI=1S/C16H16FN3O2S2/c1-16(11-2-4-12(17)5-3-11)10-23-15(20-16)19-13-6-8-14(9-7-13)24(18,21)22/h2-9H,10H2,1H3,(H,19,20)(H2,18,21,22). The monoisotopic (exact) mass is 365 g/mol. The van der Waals surface area contributed by atoms with Crippen molar-refractivity contribution in [2.75, 3.05) is 11.1 Å². The number of primary sulfonamides is 1. The first-order valence-electron chi connectivity index (χ1n) is 7.15. The number of anilines is 1. The van der Waals surface area contributed by atoms with Crippen LogP contribution in [0.15, 0.2) is 58.4 Å². The molecule has 5 nitrogen and oxygen atoms in total. The van der Waals surface area contributed by atoms with Crippen LogP contribution in [0.5, 0.6) is 0 Å². The van der Waals surface area contributed by atoms with Crippen molar-refractivity contribution in [1.82, 2.24) is 0 Å². The molecule has 8 heteroatoms. The first-order valence-corrected chi connectivity index (χ1v) is 9.68. The molecule has 126 valence electrons. The minimum Gasteiger partial charge on any atom is -0.335 e. The SMILES string of the molecule is CC1(c2ccc(F)cc2)CSC(Nc2ccc(S(N)(=O)=O)cc2)=N1. The summed E-state index contributed by atoms with van der Waals surface area (Å²) >= 11 is 1.56. The van der Waals surface area contributed by atoms with Crippen LogP contribution >= 0.6 is 11.8 Å². The van der Waals surface area contributed by atoms with Gasteiger partial charge >= 0.3 is 0 Å². The molecule has 1 aliphatic rings. The summed E-state index contributed by atoms with van der Waals surface area (Å²) in [4.78, 5) is 4.75. The molecule has 0 aliphatic carbocycles. The van der Waals surface area contributed by atoms with E-state index in [0.29, 0.717) is 0 Å². The number of nitrogens with one attached hydrogen (secondary N) is 1. The van der Waals surface area contributed by atoms with Gasteiger partial charge in [-0.3, -0.25) is 4.99 Å². The van der Waals surface area contributed by atoms with E-state index in [1.54, 1.807) is 36.0 Å². The van der Waals surface area contributed by atoms with Crippen LogP contribution in [0.3, 0.4) is 0 Å². The van der Waals surface area contributed by atoms with E-state index < -0.39 is 15.6 Å². The number of rotatable bonds is 3. The lowest BCUT2D eigenvalue weighted by molar-refractivity contribution is 0.574. The number of aliphatic imine (C=N–C) groups is 1. The Morgan fingerprint density at radius 3 is 2.38 bits per heavy atom. The molecule has 24 heavy (non-hydrogen) atoms. The van der Waals surface area contributed by atoms with Crippen molar-refractivity contribution in [3.8, 4) is 0 Å². The fourth-order valence-electron chi connectivity index (χ4n) is 2.37. The van der Waals surface area contributed by atoms with Gasteiger partial charge in [-0.25, -0.2) is 17.9 Å². The van der Waals surface area contributed by atoms with Crippen molar-refractivity contribution in [1.29, 1.82) is 0 Å². The molecule has 0 radical (unpaired) electrons. The summed E-state index contributed by atoms with van der Waals surface area (Å²) in [6, 6.07) is 12.5. The lowest BCUT2D eigenvalue weighted by Gasteiger charge is -2.19. The number of hydrogen-bond donors (Lipinski definition) is 2. The molecule has 0 saturated heterocycles. The minimum absolute atomic E-state index is 0.0604. The number of sulfonamides is 1. The summed E-state index contributed by atoms with van der Waals surface area (Å²) in [6.07, 6.45) is 0. The second-order valence-electron chi connectivity index (χ2n) is 5.68. The third-order valence-corrected chi connectivity index (χ3v) is 5.84. The van der Waals surface area contributed by atoms with Crippen LogP contribution in [-0.2, 0) is 15.6 Å². The smallest absolute Gasteiger partial charge is 0.238 e. The summed E-state index contributed by atoms with van der Waals surface area (Å²) in [5.74, 6) is 0.459. The molecule has 2 aromatic rings. The third kappa shape index (κ3) is 3.61. The number of halogens is 1. The van der Waals surface area contributed by atoms with Crippen molar-refractivity contribution in [2.24, 2.45) is 10.1 Å². The Balaban J connectivity index is 1.78. The van der Waals surface area contributed by atoms with Crippen molar-refractivity contribution in [2.45, 2.75) is 17.4 Å². The van der Waals surface area contributed by atoms with Crippen molar-refractivity contribution in [3.63, 3.8) is 0 Å². The van der Waals surface area contributed by atoms with Crippen molar-refractivity contribution >= 4 is 32.6 Å². The Kier molecular flexibility index (Phi) is 4.37. The van der Waals surface area contributed by atoms with Crippen LogP contribution < -0.4 is 10.5 Å². The van der Waals surface area contributed by atoms with E-state index in [9.17, 15) is 12.8 Å². The van der Waals surface area contributed by atoms with Gasteiger partial charge in [0.25, 0.3) is 0 Å². The van der Waals surface area contributed by atoms with E-state index in [-0.39, 0.29) is 10.7 Å². The van der Waals surface area contributed by atoms with Gasteiger partial charge in [0, 0.05) is 11.4 Å². The van der Waals surface area contributed by atoms with Crippen LogP contribution in [0, 0.1) is 5.82 Å². The molecule has 0 aromatic heterocycles. The van der Waals surface area contributed by atoms with E-state index in [2.05, 4.69) is 10.3 Å². The van der Waals surface area contributed by atoms with Gasteiger partial charge in [0.15, 0.2) is 5.17 Å². The fraction of sp³-hybridized carbons (Fsp3) is 0.188. The second-order valence-corrected chi connectivity index (χ2v) is 8.21. The van der Waals surface area contributed by atoms with Crippen molar-refractivity contribution < 1.29 is 12.8 Å². The molecule has 0 amide bonds. The van der Waals surface area contributed by atoms with Crippen molar-refractivity contribution in [3.05, 3.63) is 59.9 Å². The average molecular weight is 365 g/mol. The predicted molar refractivity (Wildman–Crippen MR) is 95.1 cm³/mol. The highest BCUT2D eigenvalue weighted by molar-refractivity contribution is 8.14. The largest absolute Gasteiger partial charge is 0.335 e. The quantitative estimate of drug-likeness (QED) is 0.876. The number of amidine groups is 1. The van der Waals surface area contributed by atoms with E-state index in [1.807, 2.05) is 6.92 Å². The highest BCUT2D eigenvalue weighted by Gasteiger charge is 2.32. The zero-order valence-corrected chi connectivity index (χ0v) is 14.5.